The summed E-state index contributed by atoms with van der Waals surface area (Å²) in [6.45, 7) is 0.630. The summed E-state index contributed by atoms with van der Waals surface area (Å²) < 4.78 is 30.9. The number of aromatic nitrogens is 2. The molecule has 2 heterocycles. The highest BCUT2D eigenvalue weighted by molar-refractivity contribution is 7.87. The molecule has 1 unspecified atom stereocenters. The predicted octanol–water partition coefficient (Wildman–Crippen LogP) is 1.93. The summed E-state index contributed by atoms with van der Waals surface area (Å²) in [5.74, 6) is 0. The summed E-state index contributed by atoms with van der Waals surface area (Å²) in [4.78, 5) is 9.27. The van der Waals surface area contributed by atoms with Gasteiger partial charge in [0.1, 0.15) is 7.11 Å². The largest absolute Gasteiger partial charge is 0.399 e. The fourth-order valence-electron chi connectivity index (χ4n) is 3.94. The molecular formula is C21H25N5O3S. The lowest BCUT2D eigenvalue weighted by atomic mass is 10.1. The molecule has 0 bridgehead atoms. The van der Waals surface area contributed by atoms with Gasteiger partial charge in [-0.3, -0.25) is 4.98 Å². The van der Waals surface area contributed by atoms with E-state index in [9.17, 15) is 8.42 Å². The summed E-state index contributed by atoms with van der Waals surface area (Å²) in [6.07, 6.45) is 4.72. The molecule has 0 saturated carbocycles. The molecule has 0 amide bonds. The maximum atomic E-state index is 12.3. The van der Waals surface area contributed by atoms with E-state index >= 15 is 0 Å². The third kappa shape index (κ3) is 3.96. The smallest absolute Gasteiger partial charge is 0.279 e. The van der Waals surface area contributed by atoms with Gasteiger partial charge >= 0.3 is 0 Å². The van der Waals surface area contributed by atoms with Gasteiger partial charge in [0.2, 0.25) is 0 Å². The van der Waals surface area contributed by atoms with Gasteiger partial charge in [-0.1, -0.05) is 17.3 Å². The van der Waals surface area contributed by atoms with E-state index in [4.69, 9.17) is 4.84 Å². The lowest BCUT2D eigenvalue weighted by Gasteiger charge is -2.18. The minimum Gasteiger partial charge on any atom is -0.399 e. The Morgan fingerprint density at radius 1 is 1.30 bits per heavy atom. The van der Waals surface area contributed by atoms with Crippen molar-refractivity contribution in [3.63, 3.8) is 0 Å². The minimum absolute atomic E-state index is 0.182. The highest BCUT2D eigenvalue weighted by Crippen LogP contribution is 2.34. The number of hydrogen-bond acceptors (Lipinski definition) is 5. The van der Waals surface area contributed by atoms with Gasteiger partial charge in [0.05, 0.1) is 18.5 Å². The zero-order valence-electron chi connectivity index (χ0n) is 17.2. The fourth-order valence-corrected chi connectivity index (χ4v) is 4.73. The second kappa shape index (κ2) is 8.17. The normalized spacial score (nSPS) is 16.6. The lowest BCUT2D eigenvalue weighted by molar-refractivity contribution is 0.215. The molecule has 2 aromatic heterocycles. The summed E-state index contributed by atoms with van der Waals surface area (Å²) in [5.41, 5.74) is 5.30. The van der Waals surface area contributed by atoms with Crippen LogP contribution in [0.3, 0.4) is 0 Å². The zero-order chi connectivity index (χ0) is 21.3. The summed E-state index contributed by atoms with van der Waals surface area (Å²) in [5, 5.41) is 4.96. The molecule has 1 aliphatic carbocycles. The highest BCUT2D eigenvalue weighted by Gasteiger charge is 2.31. The third-order valence-electron chi connectivity index (χ3n) is 5.35. The standard InChI is InChI=1S/C21H25N5O3S/c1-25(2)30(27,28)24-17-11-19-18-10-15(13-23-29-3)7-8-20(18)26(21(19)12-17)14-16-6-4-5-9-22-16/h4-10,13,17,24H,11-12,14H2,1-3H3. The molecular weight excluding hydrogens is 402 g/mol. The van der Waals surface area contributed by atoms with Crippen LogP contribution in [-0.2, 0) is 34.4 Å². The molecule has 158 valence electrons. The van der Waals surface area contributed by atoms with Crippen molar-refractivity contribution in [3.8, 4) is 0 Å². The fraction of sp³-hybridized carbons (Fsp3) is 0.333. The zero-order valence-corrected chi connectivity index (χ0v) is 18.1. The van der Waals surface area contributed by atoms with Crippen molar-refractivity contribution in [3.05, 3.63) is 65.1 Å². The maximum Gasteiger partial charge on any atom is 0.279 e. The molecule has 3 aromatic rings. The molecule has 0 fully saturated rings. The monoisotopic (exact) mass is 427 g/mol. The van der Waals surface area contributed by atoms with Gasteiger partial charge < -0.3 is 9.40 Å². The first-order valence-electron chi connectivity index (χ1n) is 9.69. The van der Waals surface area contributed by atoms with Crippen molar-refractivity contribution in [2.24, 2.45) is 5.16 Å². The SMILES string of the molecule is CON=Cc1ccc2c(c1)c1c(n2Cc2ccccn2)CC(NS(=O)(=O)N(C)C)C1. The van der Waals surface area contributed by atoms with Gasteiger partial charge in [-0.25, -0.2) is 0 Å². The molecule has 1 N–H and O–H groups in total. The molecule has 1 aliphatic rings. The Labute approximate surface area is 176 Å². The molecule has 0 radical (unpaired) electrons. The second-order valence-corrected chi connectivity index (χ2v) is 9.45. The Bertz CT molecular complexity index is 1190. The van der Waals surface area contributed by atoms with E-state index < -0.39 is 10.2 Å². The van der Waals surface area contributed by atoms with Gasteiger partial charge in [0.25, 0.3) is 10.2 Å². The van der Waals surface area contributed by atoms with Gasteiger partial charge in [0.15, 0.2) is 0 Å². The Morgan fingerprint density at radius 2 is 2.13 bits per heavy atom. The molecule has 0 aliphatic heterocycles. The number of fused-ring (bicyclic) bond motifs is 3. The molecule has 30 heavy (non-hydrogen) atoms. The predicted molar refractivity (Wildman–Crippen MR) is 117 cm³/mol. The third-order valence-corrected chi connectivity index (χ3v) is 6.94. The number of nitrogens with one attached hydrogen (secondary N) is 1. The van der Waals surface area contributed by atoms with E-state index in [2.05, 4.69) is 31.6 Å². The van der Waals surface area contributed by atoms with Crippen LogP contribution in [0.1, 0.15) is 22.5 Å². The first-order chi connectivity index (χ1) is 14.4. The molecule has 8 nitrogen and oxygen atoms in total. The number of benzene rings is 1. The Hall–Kier alpha value is -2.75. The van der Waals surface area contributed by atoms with Crippen LogP contribution in [0.2, 0.25) is 0 Å². The summed E-state index contributed by atoms with van der Waals surface area (Å²) in [6, 6.07) is 11.8. The van der Waals surface area contributed by atoms with Gasteiger partial charge in [-0.05, 0) is 41.8 Å². The van der Waals surface area contributed by atoms with Crippen molar-refractivity contribution in [2.75, 3.05) is 21.2 Å². The number of hydrogen-bond donors (Lipinski definition) is 1. The second-order valence-electron chi connectivity index (χ2n) is 7.54. The first kappa shape index (κ1) is 20.5. The number of nitrogens with zero attached hydrogens (tertiary/aromatic N) is 4. The van der Waals surface area contributed by atoms with E-state index in [0.717, 1.165) is 27.9 Å². The van der Waals surface area contributed by atoms with Crippen LogP contribution in [0.25, 0.3) is 10.9 Å². The molecule has 0 saturated heterocycles. The van der Waals surface area contributed by atoms with Crippen molar-refractivity contribution in [1.82, 2.24) is 18.6 Å². The van der Waals surface area contributed by atoms with E-state index in [1.165, 1.54) is 31.1 Å². The van der Waals surface area contributed by atoms with E-state index in [1.54, 1.807) is 12.4 Å². The van der Waals surface area contributed by atoms with Crippen LogP contribution < -0.4 is 4.72 Å². The quantitative estimate of drug-likeness (QED) is 0.461. The van der Waals surface area contributed by atoms with Crippen molar-refractivity contribution in [2.45, 2.75) is 25.4 Å². The van der Waals surface area contributed by atoms with Crippen molar-refractivity contribution in [1.29, 1.82) is 0 Å². The molecule has 1 atom stereocenters. The maximum absolute atomic E-state index is 12.3. The molecule has 4 rings (SSSR count). The van der Waals surface area contributed by atoms with Gasteiger partial charge in [0, 0.05) is 49.4 Å². The lowest BCUT2D eigenvalue weighted by Crippen LogP contribution is -2.42. The topological polar surface area (TPSA) is 88.8 Å². The van der Waals surface area contributed by atoms with Crippen LogP contribution in [0.15, 0.2) is 47.8 Å². The Kier molecular flexibility index (Phi) is 5.59. The van der Waals surface area contributed by atoms with Gasteiger partial charge in [-0.15, -0.1) is 0 Å². The average molecular weight is 428 g/mol. The Morgan fingerprint density at radius 3 is 2.83 bits per heavy atom. The first-order valence-corrected chi connectivity index (χ1v) is 11.1. The van der Waals surface area contributed by atoms with E-state index in [0.29, 0.717) is 19.4 Å². The van der Waals surface area contributed by atoms with Crippen LogP contribution >= 0.6 is 0 Å². The van der Waals surface area contributed by atoms with E-state index in [-0.39, 0.29) is 6.04 Å². The van der Waals surface area contributed by atoms with Crippen molar-refractivity contribution < 1.29 is 13.3 Å². The number of pyridine rings is 1. The molecule has 1 aromatic carbocycles. The minimum atomic E-state index is -3.50. The van der Waals surface area contributed by atoms with E-state index in [1.807, 2.05) is 24.3 Å². The van der Waals surface area contributed by atoms with Crippen LogP contribution in [0.4, 0.5) is 0 Å². The van der Waals surface area contributed by atoms with Gasteiger partial charge in [-0.2, -0.15) is 17.4 Å². The van der Waals surface area contributed by atoms with Crippen LogP contribution in [-0.4, -0.2) is 55.7 Å². The van der Waals surface area contributed by atoms with Crippen LogP contribution in [0, 0.1) is 0 Å². The number of oxime groups is 1. The number of rotatable bonds is 7. The summed E-state index contributed by atoms with van der Waals surface area (Å²) >= 11 is 0. The highest BCUT2D eigenvalue weighted by atomic mass is 32.2. The molecule has 9 heteroatoms. The van der Waals surface area contributed by atoms with Crippen LogP contribution in [0.5, 0.6) is 0 Å². The Balaban J connectivity index is 1.76. The summed E-state index contributed by atoms with van der Waals surface area (Å²) in [7, 11) is 1.07. The molecule has 0 spiro atoms. The average Bonchev–Trinajstić information content (AvgIpc) is 3.24. The van der Waals surface area contributed by atoms with Crippen molar-refractivity contribution >= 4 is 27.3 Å².